The summed E-state index contributed by atoms with van der Waals surface area (Å²) in [7, 11) is 1.82. The summed E-state index contributed by atoms with van der Waals surface area (Å²) in [4.78, 5) is 16.6. The predicted molar refractivity (Wildman–Crippen MR) is 97.5 cm³/mol. The van der Waals surface area contributed by atoms with Crippen LogP contribution in [0.3, 0.4) is 0 Å². The average molecular weight is 354 g/mol. The Kier molecular flexibility index (Phi) is 6.49. The van der Waals surface area contributed by atoms with Crippen LogP contribution in [-0.4, -0.2) is 61.3 Å². The van der Waals surface area contributed by atoms with Gasteiger partial charge in [0.05, 0.1) is 19.3 Å². The van der Waals surface area contributed by atoms with Crippen molar-refractivity contribution in [3.8, 4) is 0 Å². The fourth-order valence-electron chi connectivity index (χ4n) is 2.84. The van der Waals surface area contributed by atoms with E-state index in [1.807, 2.05) is 38.2 Å². The van der Waals surface area contributed by atoms with Gasteiger partial charge in [0.2, 0.25) is 0 Å². The molecule has 2 rings (SSSR count). The summed E-state index contributed by atoms with van der Waals surface area (Å²) < 4.78 is 5.40. The van der Waals surface area contributed by atoms with Crippen LogP contribution in [0.1, 0.15) is 32.4 Å². The van der Waals surface area contributed by atoms with Gasteiger partial charge < -0.3 is 15.0 Å². The SMILES string of the molecule is CC(c1ccc(Cl)cc1)N(C)C(=O)NCC(C)(C)N1CCOCC1. The van der Waals surface area contributed by atoms with Crippen LogP contribution in [0.5, 0.6) is 0 Å². The minimum Gasteiger partial charge on any atom is -0.379 e. The Morgan fingerprint density at radius 2 is 1.92 bits per heavy atom. The van der Waals surface area contributed by atoms with Gasteiger partial charge in [0, 0.05) is 37.2 Å². The van der Waals surface area contributed by atoms with Crippen LogP contribution in [0.15, 0.2) is 24.3 Å². The maximum absolute atomic E-state index is 12.5. The number of urea groups is 1. The van der Waals surface area contributed by atoms with Crippen molar-refractivity contribution in [2.24, 2.45) is 0 Å². The van der Waals surface area contributed by atoms with E-state index in [9.17, 15) is 4.79 Å². The molecule has 6 heteroatoms. The number of benzene rings is 1. The molecule has 1 saturated heterocycles. The molecule has 1 aromatic carbocycles. The third-order valence-electron chi connectivity index (χ3n) is 4.79. The van der Waals surface area contributed by atoms with E-state index in [1.54, 1.807) is 4.90 Å². The number of ether oxygens (including phenoxy) is 1. The highest BCUT2D eigenvalue weighted by molar-refractivity contribution is 6.30. The van der Waals surface area contributed by atoms with E-state index in [2.05, 4.69) is 24.1 Å². The highest BCUT2D eigenvalue weighted by Gasteiger charge is 2.29. The molecule has 1 heterocycles. The van der Waals surface area contributed by atoms with Gasteiger partial charge in [-0.25, -0.2) is 4.79 Å². The Hall–Kier alpha value is -1.30. The van der Waals surface area contributed by atoms with Crippen molar-refractivity contribution in [3.05, 3.63) is 34.9 Å². The molecule has 0 radical (unpaired) electrons. The van der Waals surface area contributed by atoms with Crippen LogP contribution >= 0.6 is 11.6 Å². The molecule has 24 heavy (non-hydrogen) atoms. The van der Waals surface area contributed by atoms with Crippen molar-refractivity contribution in [2.75, 3.05) is 39.9 Å². The van der Waals surface area contributed by atoms with Crippen molar-refractivity contribution in [1.29, 1.82) is 0 Å². The van der Waals surface area contributed by atoms with Gasteiger partial charge in [-0.1, -0.05) is 23.7 Å². The molecule has 1 aliphatic rings. The quantitative estimate of drug-likeness (QED) is 0.884. The summed E-state index contributed by atoms with van der Waals surface area (Å²) in [5, 5.41) is 3.76. The van der Waals surface area contributed by atoms with Crippen molar-refractivity contribution in [2.45, 2.75) is 32.4 Å². The van der Waals surface area contributed by atoms with E-state index in [0.717, 1.165) is 31.9 Å². The standard InChI is InChI=1S/C18H28ClN3O2/c1-14(15-5-7-16(19)8-6-15)21(4)17(23)20-13-18(2,3)22-9-11-24-12-10-22/h5-8,14H,9-13H2,1-4H3,(H,20,23). The number of nitrogens with zero attached hydrogens (tertiary/aromatic N) is 2. The largest absolute Gasteiger partial charge is 0.379 e. The van der Waals surface area contributed by atoms with E-state index in [1.165, 1.54) is 0 Å². The third kappa shape index (κ3) is 4.85. The van der Waals surface area contributed by atoms with Crippen LogP contribution in [0.4, 0.5) is 4.79 Å². The number of amides is 2. The number of hydrogen-bond donors (Lipinski definition) is 1. The second-order valence-corrected chi connectivity index (χ2v) is 7.35. The van der Waals surface area contributed by atoms with Crippen LogP contribution in [0.25, 0.3) is 0 Å². The maximum Gasteiger partial charge on any atom is 0.317 e. The van der Waals surface area contributed by atoms with E-state index >= 15 is 0 Å². The number of morpholine rings is 1. The first-order valence-corrected chi connectivity index (χ1v) is 8.78. The molecule has 0 spiro atoms. The molecule has 1 N–H and O–H groups in total. The molecular formula is C18H28ClN3O2. The van der Waals surface area contributed by atoms with Crippen LogP contribution < -0.4 is 5.32 Å². The number of rotatable bonds is 5. The smallest absolute Gasteiger partial charge is 0.317 e. The monoisotopic (exact) mass is 353 g/mol. The summed E-state index contributed by atoms with van der Waals surface area (Å²) in [6.45, 7) is 10.2. The van der Waals surface area contributed by atoms with Gasteiger partial charge in [0.25, 0.3) is 0 Å². The highest BCUT2D eigenvalue weighted by Crippen LogP contribution is 2.21. The zero-order valence-electron chi connectivity index (χ0n) is 15.0. The van der Waals surface area contributed by atoms with Gasteiger partial charge in [0.1, 0.15) is 0 Å². The molecule has 0 aliphatic carbocycles. The zero-order chi connectivity index (χ0) is 17.7. The molecular weight excluding hydrogens is 326 g/mol. The van der Waals surface area contributed by atoms with E-state index in [-0.39, 0.29) is 17.6 Å². The lowest BCUT2D eigenvalue weighted by Gasteiger charge is -2.41. The summed E-state index contributed by atoms with van der Waals surface area (Å²) in [6.07, 6.45) is 0. The Bertz CT molecular complexity index is 542. The minimum atomic E-state index is -0.0935. The van der Waals surface area contributed by atoms with Crippen molar-refractivity contribution >= 4 is 17.6 Å². The van der Waals surface area contributed by atoms with Gasteiger partial charge in [-0.05, 0) is 38.5 Å². The van der Waals surface area contributed by atoms with Crippen molar-refractivity contribution < 1.29 is 9.53 Å². The lowest BCUT2D eigenvalue weighted by Crippen LogP contribution is -2.56. The Balaban J connectivity index is 1.89. The first-order valence-electron chi connectivity index (χ1n) is 8.40. The number of carbonyl (C=O) groups excluding carboxylic acids is 1. The molecule has 5 nitrogen and oxygen atoms in total. The topological polar surface area (TPSA) is 44.8 Å². The molecule has 1 fully saturated rings. The summed E-state index contributed by atoms with van der Waals surface area (Å²) in [6, 6.07) is 7.51. The number of nitrogens with one attached hydrogen (secondary N) is 1. The molecule has 0 bridgehead atoms. The van der Waals surface area contributed by atoms with Gasteiger partial charge in [-0.2, -0.15) is 0 Å². The third-order valence-corrected chi connectivity index (χ3v) is 5.05. The molecule has 2 amide bonds. The molecule has 0 aromatic heterocycles. The predicted octanol–water partition coefficient (Wildman–Crippen LogP) is 3.15. The van der Waals surface area contributed by atoms with Crippen LogP contribution in [0.2, 0.25) is 5.02 Å². The summed E-state index contributed by atoms with van der Waals surface area (Å²) in [5.41, 5.74) is 0.966. The average Bonchev–Trinajstić information content (AvgIpc) is 2.60. The summed E-state index contributed by atoms with van der Waals surface area (Å²) >= 11 is 5.93. The fourth-order valence-corrected chi connectivity index (χ4v) is 2.96. The molecule has 1 unspecified atom stereocenters. The molecule has 1 aromatic rings. The lowest BCUT2D eigenvalue weighted by molar-refractivity contribution is -0.00906. The normalized spacial score (nSPS) is 17.4. The Labute approximate surface area is 149 Å². The van der Waals surface area contributed by atoms with Gasteiger partial charge >= 0.3 is 6.03 Å². The van der Waals surface area contributed by atoms with Crippen molar-refractivity contribution in [3.63, 3.8) is 0 Å². The second kappa shape index (κ2) is 8.19. The number of halogens is 1. The van der Waals surface area contributed by atoms with E-state index < -0.39 is 0 Å². The molecule has 134 valence electrons. The first kappa shape index (κ1) is 19.0. The first-order chi connectivity index (χ1) is 11.3. The second-order valence-electron chi connectivity index (χ2n) is 6.91. The van der Waals surface area contributed by atoms with E-state index in [0.29, 0.717) is 11.6 Å². The minimum absolute atomic E-state index is 0.0197. The summed E-state index contributed by atoms with van der Waals surface area (Å²) in [5.74, 6) is 0. The van der Waals surface area contributed by atoms with Crippen LogP contribution in [-0.2, 0) is 4.74 Å². The van der Waals surface area contributed by atoms with Crippen molar-refractivity contribution in [1.82, 2.24) is 15.1 Å². The van der Waals surface area contributed by atoms with E-state index in [4.69, 9.17) is 16.3 Å². The molecule has 0 saturated carbocycles. The molecule has 1 aliphatic heterocycles. The van der Waals surface area contributed by atoms with Gasteiger partial charge in [0.15, 0.2) is 0 Å². The molecule has 1 atom stereocenters. The Morgan fingerprint density at radius 3 is 2.50 bits per heavy atom. The number of carbonyl (C=O) groups is 1. The maximum atomic E-state index is 12.5. The highest BCUT2D eigenvalue weighted by atomic mass is 35.5. The fraction of sp³-hybridized carbons (Fsp3) is 0.611. The van der Waals surface area contributed by atoms with Gasteiger partial charge in [-0.3, -0.25) is 4.90 Å². The number of hydrogen-bond acceptors (Lipinski definition) is 3. The van der Waals surface area contributed by atoms with Crippen LogP contribution in [0, 0.1) is 0 Å². The zero-order valence-corrected chi connectivity index (χ0v) is 15.8. The van der Waals surface area contributed by atoms with Gasteiger partial charge in [-0.15, -0.1) is 0 Å². The lowest BCUT2D eigenvalue weighted by atomic mass is 10.0. The Morgan fingerprint density at radius 1 is 1.33 bits per heavy atom.